The van der Waals surface area contributed by atoms with Gasteiger partial charge in [0.2, 0.25) is 11.7 Å². The minimum atomic E-state index is -4.72. The zero-order valence-electron chi connectivity index (χ0n) is 14.4. The molecule has 0 saturated carbocycles. The van der Waals surface area contributed by atoms with E-state index in [1.54, 1.807) is 11.8 Å². The van der Waals surface area contributed by atoms with Crippen molar-refractivity contribution in [1.82, 2.24) is 20.4 Å². The molecule has 0 bridgehead atoms. The number of likely N-dealkylation sites (tertiary alicyclic amines) is 1. The predicted octanol–water partition coefficient (Wildman–Crippen LogP) is 2.50. The molecule has 27 heavy (non-hydrogen) atoms. The highest BCUT2D eigenvalue weighted by atomic mass is 19.4. The molecule has 1 saturated heterocycles. The van der Waals surface area contributed by atoms with Crippen molar-refractivity contribution in [2.24, 2.45) is 0 Å². The summed E-state index contributed by atoms with van der Waals surface area (Å²) < 4.78 is 41.7. The van der Waals surface area contributed by atoms with E-state index in [4.69, 9.17) is 0 Å². The van der Waals surface area contributed by atoms with Gasteiger partial charge in [-0.3, -0.25) is 9.59 Å². The number of amides is 2. The molecule has 0 spiro atoms. The van der Waals surface area contributed by atoms with Crippen molar-refractivity contribution >= 4 is 11.8 Å². The lowest BCUT2D eigenvalue weighted by molar-refractivity contribution is -0.159. The van der Waals surface area contributed by atoms with Crippen molar-refractivity contribution in [3.8, 4) is 11.4 Å². The van der Waals surface area contributed by atoms with Crippen LogP contribution in [-0.2, 0) is 11.0 Å². The fourth-order valence-corrected chi connectivity index (χ4v) is 2.78. The van der Waals surface area contributed by atoms with Crippen molar-refractivity contribution in [1.29, 1.82) is 0 Å². The van der Waals surface area contributed by atoms with Gasteiger partial charge in [0.15, 0.2) is 0 Å². The zero-order chi connectivity index (χ0) is 19.6. The highest BCUT2D eigenvalue weighted by molar-refractivity contribution is 5.97. The van der Waals surface area contributed by atoms with Gasteiger partial charge in [-0.2, -0.15) is 18.2 Å². The second kappa shape index (κ2) is 7.37. The first-order valence-corrected chi connectivity index (χ1v) is 8.36. The number of halogens is 3. The molecule has 144 valence electrons. The lowest BCUT2D eigenvalue weighted by atomic mass is 10.1. The van der Waals surface area contributed by atoms with Gasteiger partial charge in [-0.1, -0.05) is 17.3 Å². The van der Waals surface area contributed by atoms with E-state index >= 15 is 0 Å². The van der Waals surface area contributed by atoms with E-state index in [9.17, 15) is 22.8 Å². The molecule has 3 rings (SSSR count). The van der Waals surface area contributed by atoms with Crippen molar-refractivity contribution in [2.75, 3.05) is 13.1 Å². The molecule has 1 aromatic carbocycles. The molecule has 1 atom stereocenters. The lowest BCUT2D eigenvalue weighted by Crippen LogP contribution is -2.45. The van der Waals surface area contributed by atoms with Crippen LogP contribution in [0.3, 0.4) is 0 Å². The Labute approximate surface area is 152 Å². The van der Waals surface area contributed by atoms with E-state index in [-0.39, 0.29) is 22.9 Å². The zero-order valence-corrected chi connectivity index (χ0v) is 14.4. The van der Waals surface area contributed by atoms with Gasteiger partial charge in [0.25, 0.3) is 5.91 Å². The smallest absolute Gasteiger partial charge is 0.341 e. The van der Waals surface area contributed by atoms with Crippen LogP contribution in [0.15, 0.2) is 28.8 Å². The van der Waals surface area contributed by atoms with Crippen molar-refractivity contribution in [3.05, 3.63) is 35.7 Å². The molecular weight excluding hydrogens is 365 g/mol. The van der Waals surface area contributed by atoms with Crippen LogP contribution in [0.25, 0.3) is 11.4 Å². The van der Waals surface area contributed by atoms with E-state index in [0.717, 1.165) is 12.8 Å². The summed E-state index contributed by atoms with van der Waals surface area (Å²) in [6.07, 6.45) is -2.80. The molecule has 10 heteroatoms. The topological polar surface area (TPSA) is 88.3 Å². The Kier molecular flexibility index (Phi) is 5.15. The summed E-state index contributed by atoms with van der Waals surface area (Å²) in [5, 5.41) is 5.91. The molecule has 2 heterocycles. The Morgan fingerprint density at radius 3 is 2.37 bits per heavy atom. The molecule has 1 aromatic heterocycles. The second-order valence-corrected chi connectivity index (χ2v) is 6.23. The summed E-state index contributed by atoms with van der Waals surface area (Å²) in [6.45, 7) is 3.00. The van der Waals surface area contributed by atoms with Crippen LogP contribution in [0.4, 0.5) is 13.2 Å². The van der Waals surface area contributed by atoms with Crippen LogP contribution in [0.2, 0.25) is 0 Å². The maximum Gasteiger partial charge on any atom is 0.471 e. The van der Waals surface area contributed by atoms with Crippen molar-refractivity contribution < 1.29 is 27.3 Å². The molecule has 0 radical (unpaired) electrons. The average molecular weight is 382 g/mol. The molecule has 1 aliphatic rings. The maximum absolute atomic E-state index is 12.5. The number of nitrogens with one attached hydrogen (secondary N) is 1. The van der Waals surface area contributed by atoms with Gasteiger partial charge in [-0.25, -0.2) is 0 Å². The van der Waals surface area contributed by atoms with Gasteiger partial charge in [0.1, 0.15) is 6.04 Å². The van der Waals surface area contributed by atoms with E-state index in [1.807, 2.05) is 0 Å². The number of aromatic nitrogens is 2. The summed E-state index contributed by atoms with van der Waals surface area (Å²) >= 11 is 0. The highest BCUT2D eigenvalue weighted by Crippen LogP contribution is 2.29. The third-order valence-corrected chi connectivity index (χ3v) is 4.21. The van der Waals surface area contributed by atoms with Gasteiger partial charge in [0, 0.05) is 24.2 Å². The number of alkyl halides is 3. The first-order chi connectivity index (χ1) is 12.8. The molecule has 1 unspecified atom stereocenters. The van der Waals surface area contributed by atoms with Gasteiger partial charge >= 0.3 is 12.1 Å². The molecular formula is C17H17F3N4O3. The minimum Gasteiger partial charge on any atom is -0.341 e. The standard InChI is InChI=1S/C17H17F3N4O3/c1-10(15(26)24-8-2-3-9-24)21-14(25)12-6-4-11(5-7-12)13-22-16(27-23-13)17(18,19)20/h4-7,10H,2-3,8-9H2,1H3,(H,21,25). The fraction of sp³-hybridized carbons (Fsp3) is 0.412. The monoisotopic (exact) mass is 382 g/mol. The molecule has 7 nitrogen and oxygen atoms in total. The summed E-state index contributed by atoms with van der Waals surface area (Å²) in [5.41, 5.74) is 0.534. The summed E-state index contributed by atoms with van der Waals surface area (Å²) in [4.78, 5) is 29.5. The quantitative estimate of drug-likeness (QED) is 0.878. The Morgan fingerprint density at radius 1 is 1.19 bits per heavy atom. The summed E-state index contributed by atoms with van der Waals surface area (Å²) in [7, 11) is 0. The highest BCUT2D eigenvalue weighted by Gasteiger charge is 2.38. The van der Waals surface area contributed by atoms with Crippen LogP contribution in [0.1, 0.15) is 36.0 Å². The number of carbonyl (C=O) groups is 2. The molecule has 1 fully saturated rings. The van der Waals surface area contributed by atoms with Gasteiger partial charge in [0.05, 0.1) is 0 Å². The average Bonchev–Trinajstić information content (AvgIpc) is 3.32. The fourth-order valence-electron chi connectivity index (χ4n) is 2.78. The van der Waals surface area contributed by atoms with Crippen LogP contribution < -0.4 is 5.32 Å². The largest absolute Gasteiger partial charge is 0.471 e. The Balaban J connectivity index is 1.65. The number of hydrogen-bond donors (Lipinski definition) is 1. The van der Waals surface area contributed by atoms with Crippen molar-refractivity contribution in [3.63, 3.8) is 0 Å². The van der Waals surface area contributed by atoms with E-state index < -0.39 is 24.0 Å². The third kappa shape index (κ3) is 4.26. The summed E-state index contributed by atoms with van der Waals surface area (Å²) in [5.74, 6) is -2.25. The van der Waals surface area contributed by atoms with Gasteiger partial charge in [-0.15, -0.1) is 0 Å². The first kappa shape index (κ1) is 18.9. The maximum atomic E-state index is 12.5. The van der Waals surface area contributed by atoms with Crippen LogP contribution in [0.5, 0.6) is 0 Å². The number of nitrogens with zero attached hydrogens (tertiary/aromatic N) is 3. The summed E-state index contributed by atoms with van der Waals surface area (Å²) in [6, 6.07) is 4.99. The van der Waals surface area contributed by atoms with Crippen LogP contribution in [-0.4, -0.2) is 46.0 Å². The van der Waals surface area contributed by atoms with E-state index in [1.165, 1.54) is 24.3 Å². The molecule has 1 N–H and O–H groups in total. The van der Waals surface area contributed by atoms with Crippen LogP contribution in [0, 0.1) is 0 Å². The number of rotatable bonds is 4. The van der Waals surface area contributed by atoms with Gasteiger partial charge in [-0.05, 0) is 31.9 Å². The van der Waals surface area contributed by atoms with Gasteiger partial charge < -0.3 is 14.7 Å². The first-order valence-electron chi connectivity index (χ1n) is 8.36. The minimum absolute atomic E-state index is 0.135. The normalized spacial score (nSPS) is 15.6. The number of hydrogen-bond acceptors (Lipinski definition) is 5. The Morgan fingerprint density at radius 2 is 1.81 bits per heavy atom. The predicted molar refractivity (Wildman–Crippen MR) is 87.5 cm³/mol. The number of benzene rings is 1. The second-order valence-electron chi connectivity index (χ2n) is 6.23. The molecule has 2 aromatic rings. The molecule has 1 aliphatic heterocycles. The Bertz CT molecular complexity index is 827. The molecule has 0 aliphatic carbocycles. The SMILES string of the molecule is CC(NC(=O)c1ccc(-c2noc(C(F)(F)F)n2)cc1)C(=O)N1CCCC1. The molecule has 2 amide bonds. The van der Waals surface area contributed by atoms with E-state index in [0.29, 0.717) is 13.1 Å². The van der Waals surface area contributed by atoms with Crippen LogP contribution >= 0.6 is 0 Å². The third-order valence-electron chi connectivity index (χ3n) is 4.21. The van der Waals surface area contributed by atoms with Crippen molar-refractivity contribution in [2.45, 2.75) is 32.0 Å². The van der Waals surface area contributed by atoms with E-state index in [2.05, 4.69) is 20.0 Å². The Hall–Kier alpha value is -2.91. The number of carbonyl (C=O) groups excluding carboxylic acids is 2. The lowest BCUT2D eigenvalue weighted by Gasteiger charge is -2.21.